The smallest absolute Gasteiger partial charge is 0.164 e. The third-order valence-electron chi connectivity index (χ3n) is 10.6. The van der Waals surface area contributed by atoms with E-state index in [0.29, 0.717) is 5.92 Å². The summed E-state index contributed by atoms with van der Waals surface area (Å²) in [4.78, 5) is 26.1. The minimum atomic E-state index is -0.337. The summed E-state index contributed by atoms with van der Waals surface area (Å²) in [5.74, 6) is 0.811. The fourth-order valence-corrected chi connectivity index (χ4v) is 6.11. The first-order valence-electron chi connectivity index (χ1n) is 18.2. The van der Waals surface area contributed by atoms with Crippen molar-refractivity contribution in [2.75, 3.05) is 0 Å². The molecule has 6 nitrogen and oxygen atoms in total. The van der Waals surface area contributed by atoms with E-state index < -0.39 is 0 Å². The van der Waals surface area contributed by atoms with Crippen molar-refractivity contribution in [3.8, 4) is 22.6 Å². The van der Waals surface area contributed by atoms with Crippen molar-refractivity contribution in [2.45, 2.75) is 114 Å². The minimum absolute atomic E-state index is 0. The number of fused-ring (bicyclic) bond motifs is 2. The van der Waals surface area contributed by atoms with Gasteiger partial charge in [0.25, 0.3) is 0 Å². The number of rotatable bonds is 11. The Hall–Kier alpha value is -3.67. The van der Waals surface area contributed by atoms with Crippen LogP contribution in [-0.4, -0.2) is 25.8 Å². The van der Waals surface area contributed by atoms with Crippen LogP contribution >= 0.6 is 0 Å². The molecule has 2 aromatic carbocycles. The maximum atomic E-state index is 12.2. The maximum absolute atomic E-state index is 12.2. The molecule has 275 valence electrons. The van der Waals surface area contributed by atoms with Gasteiger partial charge in [0.2, 0.25) is 0 Å². The Morgan fingerprint density at radius 1 is 0.863 bits per heavy atom. The molecule has 0 saturated carbocycles. The first-order chi connectivity index (χ1) is 23.6. The maximum Gasteiger partial charge on any atom is 0.164 e. The number of ketones is 1. The zero-order chi connectivity index (χ0) is 36.9. The molecule has 5 rings (SSSR count). The number of aromatic nitrogens is 3. The van der Waals surface area contributed by atoms with Crippen molar-refractivity contribution in [3.63, 3.8) is 0 Å². The predicted octanol–water partition coefficient (Wildman–Crippen LogP) is 12.0. The number of benzene rings is 2. The fourth-order valence-electron chi connectivity index (χ4n) is 6.11. The number of carbonyl (C=O) groups is 1. The molecule has 51 heavy (non-hydrogen) atoms. The van der Waals surface area contributed by atoms with Crippen molar-refractivity contribution in [3.05, 3.63) is 90.3 Å². The first-order valence-corrected chi connectivity index (χ1v) is 18.2. The molecule has 0 amide bonds. The third-order valence-corrected chi connectivity index (χ3v) is 10.6. The second-order valence-electron chi connectivity index (χ2n) is 15.5. The van der Waals surface area contributed by atoms with Crippen LogP contribution in [0.1, 0.15) is 113 Å². The summed E-state index contributed by atoms with van der Waals surface area (Å²) in [6, 6.07) is 18.2. The number of aliphatic hydroxyl groups is 1. The number of hydrogen-bond acceptors (Lipinski definition) is 6. The minimum Gasteiger partial charge on any atom is -0.512 e. The van der Waals surface area contributed by atoms with Crippen molar-refractivity contribution in [1.29, 1.82) is 0 Å². The number of furan rings is 1. The Kier molecular flexibility index (Phi) is 14.1. The van der Waals surface area contributed by atoms with Crippen LogP contribution in [0.25, 0.3) is 44.4 Å². The van der Waals surface area contributed by atoms with Gasteiger partial charge < -0.3 is 9.52 Å². The van der Waals surface area contributed by atoms with Gasteiger partial charge in [0.05, 0.1) is 17.7 Å². The molecule has 0 aliphatic heterocycles. The molecule has 3 aromatic heterocycles. The third kappa shape index (κ3) is 9.42. The second-order valence-corrected chi connectivity index (χ2v) is 15.5. The molecule has 3 heterocycles. The van der Waals surface area contributed by atoms with E-state index >= 15 is 0 Å². The number of hydrogen-bond donors (Lipinski definition) is 1. The summed E-state index contributed by atoms with van der Waals surface area (Å²) >= 11 is 0. The largest absolute Gasteiger partial charge is 0.512 e. The van der Waals surface area contributed by atoms with Gasteiger partial charge in [0.1, 0.15) is 17.7 Å². The van der Waals surface area contributed by atoms with Gasteiger partial charge in [0.15, 0.2) is 5.78 Å². The summed E-state index contributed by atoms with van der Waals surface area (Å²) in [7, 11) is 0. The van der Waals surface area contributed by atoms with Crippen molar-refractivity contribution in [1.82, 2.24) is 15.0 Å². The standard InChI is InChI=1S/C29H28N3O.C15H28O2.Ir/c1-18(2)12-21-16-30-27(23-10-11-33-28(21)23)26-15-25(31-17-32-26)20-13-19-8-6-7-9-22(19)24(14-20)29(3,4)5;1-7-14(5,8-2)12(16)11-13(17)15(6,9-3)10-4;/h6-11,14-18H,12H2,1-5H3;11,16H,7-10H2,1-6H3;/q-1;;/b;12-11-;. The van der Waals surface area contributed by atoms with E-state index in [0.717, 1.165) is 76.7 Å². The molecular weight excluding hydrogens is 811 g/mol. The van der Waals surface area contributed by atoms with Crippen LogP contribution < -0.4 is 0 Å². The van der Waals surface area contributed by atoms with E-state index in [9.17, 15) is 9.90 Å². The molecule has 0 spiro atoms. The Balaban J connectivity index is 0.000000335. The van der Waals surface area contributed by atoms with Crippen LogP contribution in [0.15, 0.2) is 77.5 Å². The number of pyridine rings is 1. The molecule has 1 radical (unpaired) electrons. The summed E-state index contributed by atoms with van der Waals surface area (Å²) in [6.07, 6.45) is 10.9. The van der Waals surface area contributed by atoms with Gasteiger partial charge in [0, 0.05) is 59.9 Å². The zero-order valence-corrected chi connectivity index (χ0v) is 34.8. The molecule has 0 aliphatic rings. The van der Waals surface area contributed by atoms with Gasteiger partial charge in [-0.15, -0.1) is 29.1 Å². The quantitative estimate of drug-likeness (QED) is 0.0808. The van der Waals surface area contributed by atoms with E-state index in [1.54, 1.807) is 12.6 Å². The van der Waals surface area contributed by atoms with E-state index in [1.165, 1.54) is 17.0 Å². The molecule has 0 atom stereocenters. The molecule has 7 heteroatoms. The van der Waals surface area contributed by atoms with Gasteiger partial charge in [-0.2, -0.15) is 0 Å². The molecule has 0 saturated heterocycles. The van der Waals surface area contributed by atoms with Gasteiger partial charge in [-0.05, 0) is 55.6 Å². The van der Waals surface area contributed by atoms with E-state index in [-0.39, 0.29) is 47.9 Å². The Labute approximate surface area is 319 Å². The number of carbonyl (C=O) groups excluding carboxylic acids is 1. The molecule has 1 N–H and O–H groups in total. The zero-order valence-electron chi connectivity index (χ0n) is 32.4. The van der Waals surface area contributed by atoms with Crippen LogP contribution in [0, 0.1) is 22.8 Å². The summed E-state index contributed by atoms with van der Waals surface area (Å²) in [5.41, 5.74) is 6.07. The monoisotopic (exact) mass is 867 g/mol. The van der Waals surface area contributed by atoms with E-state index in [2.05, 4.69) is 81.0 Å². The van der Waals surface area contributed by atoms with Crippen LogP contribution in [0.2, 0.25) is 0 Å². The number of nitrogens with zero attached hydrogens (tertiary/aromatic N) is 3. The summed E-state index contributed by atoms with van der Waals surface area (Å²) in [5, 5.41) is 13.4. The fraction of sp³-hybridized carbons (Fsp3) is 0.455. The van der Waals surface area contributed by atoms with Crippen LogP contribution in [0.4, 0.5) is 0 Å². The van der Waals surface area contributed by atoms with Crippen LogP contribution in [0.5, 0.6) is 0 Å². The Bertz CT molecular complexity index is 1960. The van der Waals surface area contributed by atoms with Gasteiger partial charge >= 0.3 is 0 Å². The summed E-state index contributed by atoms with van der Waals surface area (Å²) in [6.45, 7) is 23.2. The van der Waals surface area contributed by atoms with Crippen LogP contribution in [-0.2, 0) is 36.7 Å². The SMILES string of the molecule is CC(C)Cc1cnc(-c2cc(-c3[c-]c4ccccc4c(C(C)(C)C)c3)ncn2)c2ccoc12.CCC(C)(CC)C(=O)/C=C(\O)C(C)(CC)CC.[Ir]. The number of allylic oxidation sites excluding steroid dienone is 2. The van der Waals surface area contributed by atoms with E-state index in [4.69, 9.17) is 9.40 Å². The molecule has 0 fully saturated rings. The average Bonchev–Trinajstić information content (AvgIpc) is 3.61. The average molecular weight is 867 g/mol. The van der Waals surface area contributed by atoms with Crippen LogP contribution in [0.3, 0.4) is 0 Å². The normalized spacial score (nSPS) is 12.5. The Morgan fingerprint density at radius 3 is 2.10 bits per heavy atom. The van der Waals surface area contributed by atoms with E-state index in [1.807, 2.05) is 59.9 Å². The van der Waals surface area contributed by atoms with Crippen molar-refractivity contribution < 1.29 is 34.4 Å². The number of aliphatic hydroxyl groups excluding tert-OH is 1. The Morgan fingerprint density at radius 2 is 1.49 bits per heavy atom. The topological polar surface area (TPSA) is 89.1 Å². The van der Waals surface area contributed by atoms with Gasteiger partial charge in [-0.3, -0.25) is 14.8 Å². The molecule has 0 bridgehead atoms. The van der Waals surface area contributed by atoms with Gasteiger partial charge in [-0.25, -0.2) is 4.98 Å². The molecule has 0 unspecified atom stereocenters. The predicted molar refractivity (Wildman–Crippen MR) is 207 cm³/mol. The molecular formula is C44H56IrN3O3-. The molecule has 5 aromatic rings. The van der Waals surface area contributed by atoms with Gasteiger partial charge in [-0.1, -0.05) is 105 Å². The molecule has 0 aliphatic carbocycles. The first kappa shape index (κ1) is 41.7. The summed E-state index contributed by atoms with van der Waals surface area (Å²) < 4.78 is 5.84. The van der Waals surface area contributed by atoms with Crippen molar-refractivity contribution in [2.24, 2.45) is 16.7 Å². The second kappa shape index (κ2) is 17.2. The van der Waals surface area contributed by atoms with Crippen molar-refractivity contribution >= 4 is 27.5 Å².